The fourth-order valence-corrected chi connectivity index (χ4v) is 7.59. The summed E-state index contributed by atoms with van der Waals surface area (Å²) in [5.41, 5.74) is 3.56. The highest BCUT2D eigenvalue weighted by atomic mass is 35.5. The Morgan fingerprint density at radius 1 is 0.955 bits per heavy atom. The summed E-state index contributed by atoms with van der Waals surface area (Å²) in [4.78, 5) is 29.7. The van der Waals surface area contributed by atoms with Gasteiger partial charge in [0.05, 0.1) is 10.6 Å². The molecule has 1 aliphatic rings. The zero-order chi connectivity index (χ0) is 32.0. The molecular weight excluding hydrogens is 617 g/mol. The Balaban J connectivity index is 1.76. The molecule has 0 aromatic heterocycles. The molecule has 1 N–H and O–H groups in total. The topological polar surface area (TPSA) is 86.8 Å². The summed E-state index contributed by atoms with van der Waals surface area (Å²) in [6.07, 6.45) is 5.37. The number of benzene rings is 3. The van der Waals surface area contributed by atoms with Crippen molar-refractivity contribution < 1.29 is 18.0 Å². The summed E-state index contributed by atoms with van der Waals surface area (Å²) in [6, 6.07) is 16.1. The van der Waals surface area contributed by atoms with E-state index in [-0.39, 0.29) is 23.4 Å². The first-order valence-corrected chi connectivity index (χ1v) is 17.3. The lowest BCUT2D eigenvalue weighted by atomic mass is 9.95. The number of rotatable bonds is 11. The molecule has 0 aliphatic heterocycles. The average Bonchev–Trinajstić information content (AvgIpc) is 2.99. The van der Waals surface area contributed by atoms with Gasteiger partial charge in [0.2, 0.25) is 11.8 Å². The number of carbonyl (C=O) groups excluding carboxylic acids is 2. The highest BCUT2D eigenvalue weighted by Gasteiger charge is 2.35. The lowest BCUT2D eigenvalue weighted by Gasteiger charge is -2.35. The molecule has 0 radical (unpaired) electrons. The molecule has 10 heteroatoms. The van der Waals surface area contributed by atoms with Crippen molar-refractivity contribution in [1.29, 1.82) is 0 Å². The molecule has 0 spiro atoms. The molecule has 3 aromatic carbocycles. The molecule has 0 heterocycles. The van der Waals surface area contributed by atoms with E-state index in [9.17, 15) is 18.0 Å². The molecule has 7 nitrogen and oxygen atoms in total. The molecule has 1 fully saturated rings. The minimum atomic E-state index is -4.16. The van der Waals surface area contributed by atoms with Crippen LogP contribution in [0.4, 0.5) is 5.69 Å². The molecule has 2 amide bonds. The van der Waals surface area contributed by atoms with E-state index in [4.69, 9.17) is 23.2 Å². The molecule has 4 rings (SSSR count). The molecule has 3 aromatic rings. The Kier molecular flexibility index (Phi) is 11.4. The van der Waals surface area contributed by atoms with Gasteiger partial charge in [-0.2, -0.15) is 0 Å². The zero-order valence-electron chi connectivity index (χ0n) is 25.8. The maximum atomic E-state index is 14.4. The Morgan fingerprint density at radius 2 is 1.64 bits per heavy atom. The van der Waals surface area contributed by atoms with E-state index < -0.39 is 28.5 Å². The van der Waals surface area contributed by atoms with Crippen LogP contribution in [0.1, 0.15) is 67.7 Å². The van der Waals surface area contributed by atoms with Crippen molar-refractivity contribution in [2.45, 2.75) is 89.7 Å². The first-order valence-electron chi connectivity index (χ1n) is 15.1. The number of hydrogen-bond donors (Lipinski definition) is 1. The van der Waals surface area contributed by atoms with Crippen LogP contribution in [0.2, 0.25) is 10.0 Å². The Bertz CT molecular complexity index is 1590. The fourth-order valence-electron chi connectivity index (χ4n) is 5.65. The molecule has 0 unspecified atom stereocenters. The smallest absolute Gasteiger partial charge is 0.264 e. The van der Waals surface area contributed by atoms with Gasteiger partial charge >= 0.3 is 0 Å². The number of aryl methyl sites for hydroxylation is 2. The van der Waals surface area contributed by atoms with Gasteiger partial charge in [-0.3, -0.25) is 13.9 Å². The van der Waals surface area contributed by atoms with Gasteiger partial charge in [0.25, 0.3) is 10.0 Å². The Morgan fingerprint density at radius 3 is 2.27 bits per heavy atom. The Hall–Kier alpha value is -3.07. The number of halogens is 2. The quantitative estimate of drug-likeness (QED) is 0.233. The van der Waals surface area contributed by atoms with Crippen molar-refractivity contribution in [2.24, 2.45) is 0 Å². The van der Waals surface area contributed by atoms with E-state index in [1.807, 2.05) is 33.8 Å². The molecule has 1 atom stereocenters. The van der Waals surface area contributed by atoms with Gasteiger partial charge in [-0.1, -0.05) is 85.3 Å². The van der Waals surface area contributed by atoms with Gasteiger partial charge in [0.1, 0.15) is 12.6 Å². The van der Waals surface area contributed by atoms with Crippen molar-refractivity contribution in [3.63, 3.8) is 0 Å². The van der Waals surface area contributed by atoms with E-state index in [1.54, 1.807) is 54.6 Å². The predicted octanol–water partition coefficient (Wildman–Crippen LogP) is 7.37. The summed E-state index contributed by atoms with van der Waals surface area (Å²) >= 11 is 12.7. The van der Waals surface area contributed by atoms with E-state index in [2.05, 4.69) is 5.32 Å². The molecule has 44 heavy (non-hydrogen) atoms. The van der Waals surface area contributed by atoms with Gasteiger partial charge in [-0.25, -0.2) is 8.42 Å². The number of hydrogen-bond acceptors (Lipinski definition) is 4. The van der Waals surface area contributed by atoms with Crippen LogP contribution in [0, 0.1) is 20.8 Å². The second-order valence-corrected chi connectivity index (χ2v) is 14.3. The monoisotopic (exact) mass is 657 g/mol. The van der Waals surface area contributed by atoms with Crippen LogP contribution in [-0.4, -0.2) is 43.8 Å². The molecular formula is C34H41Cl2N3O4S. The number of carbonyl (C=O) groups is 2. The summed E-state index contributed by atoms with van der Waals surface area (Å²) in [5, 5.41) is 3.96. The maximum absolute atomic E-state index is 14.4. The van der Waals surface area contributed by atoms with Crippen LogP contribution in [0.3, 0.4) is 0 Å². The Labute approximate surface area is 271 Å². The fraction of sp³-hybridized carbons (Fsp3) is 0.412. The van der Waals surface area contributed by atoms with Crippen molar-refractivity contribution >= 4 is 50.7 Å². The first-order chi connectivity index (χ1) is 20.9. The van der Waals surface area contributed by atoms with Gasteiger partial charge < -0.3 is 10.2 Å². The van der Waals surface area contributed by atoms with E-state index >= 15 is 0 Å². The van der Waals surface area contributed by atoms with Crippen LogP contribution in [0.5, 0.6) is 0 Å². The number of anilines is 1. The molecule has 236 valence electrons. The van der Waals surface area contributed by atoms with Gasteiger partial charge in [0.15, 0.2) is 0 Å². The van der Waals surface area contributed by atoms with Gasteiger partial charge in [0, 0.05) is 22.6 Å². The second kappa shape index (κ2) is 14.8. The van der Waals surface area contributed by atoms with E-state index in [0.29, 0.717) is 27.7 Å². The average molecular weight is 659 g/mol. The number of amides is 2. The SMILES string of the molecule is CC[C@@H](C(=O)NC1CCCCC1)N(Cc1ccc(Cl)cc1Cl)C(=O)CN(c1cccc(C)c1C)S(=O)(=O)c1ccc(C)cc1. The third kappa shape index (κ3) is 7.95. The molecule has 0 bridgehead atoms. The minimum absolute atomic E-state index is 0.0106. The minimum Gasteiger partial charge on any atom is -0.352 e. The molecule has 1 saturated carbocycles. The maximum Gasteiger partial charge on any atom is 0.264 e. The third-order valence-corrected chi connectivity index (χ3v) is 10.8. The zero-order valence-corrected chi connectivity index (χ0v) is 28.1. The summed E-state index contributed by atoms with van der Waals surface area (Å²) in [7, 11) is -4.16. The van der Waals surface area contributed by atoms with Crippen molar-refractivity contribution in [2.75, 3.05) is 10.8 Å². The van der Waals surface area contributed by atoms with Crippen molar-refractivity contribution in [3.05, 3.63) is 93.0 Å². The normalized spacial score (nSPS) is 14.6. The number of nitrogens with zero attached hydrogens (tertiary/aromatic N) is 2. The number of nitrogens with one attached hydrogen (secondary N) is 1. The second-order valence-electron chi connectivity index (χ2n) is 11.6. The van der Waals surface area contributed by atoms with Gasteiger partial charge in [-0.05, 0) is 87.1 Å². The largest absolute Gasteiger partial charge is 0.352 e. The van der Waals surface area contributed by atoms with Gasteiger partial charge in [-0.15, -0.1) is 0 Å². The third-order valence-electron chi connectivity index (χ3n) is 8.43. The van der Waals surface area contributed by atoms with Crippen molar-refractivity contribution in [1.82, 2.24) is 10.2 Å². The van der Waals surface area contributed by atoms with Crippen LogP contribution in [0.15, 0.2) is 65.6 Å². The molecule has 0 saturated heterocycles. The van der Waals surface area contributed by atoms with Crippen LogP contribution < -0.4 is 9.62 Å². The lowest BCUT2D eigenvalue weighted by molar-refractivity contribution is -0.140. The summed E-state index contributed by atoms with van der Waals surface area (Å²) in [6.45, 7) is 6.97. The highest BCUT2D eigenvalue weighted by molar-refractivity contribution is 7.92. The predicted molar refractivity (Wildman–Crippen MR) is 178 cm³/mol. The van der Waals surface area contributed by atoms with E-state index in [1.165, 1.54) is 4.90 Å². The van der Waals surface area contributed by atoms with E-state index in [0.717, 1.165) is 53.1 Å². The molecule has 1 aliphatic carbocycles. The highest BCUT2D eigenvalue weighted by Crippen LogP contribution is 2.30. The van der Waals surface area contributed by atoms with Crippen LogP contribution in [0.25, 0.3) is 0 Å². The lowest BCUT2D eigenvalue weighted by Crippen LogP contribution is -2.54. The standard InChI is InChI=1S/C34H41Cl2N3O4S/c1-5-31(34(41)37-28-11-7-6-8-12-28)38(21-26-16-17-27(35)20-30(26)36)33(40)22-39(32-13-9-10-24(3)25(32)4)44(42,43)29-18-14-23(2)15-19-29/h9-10,13-20,28,31H,5-8,11-12,21-22H2,1-4H3,(H,37,41)/t31-/m0/s1. The van der Waals surface area contributed by atoms with Crippen LogP contribution in [-0.2, 0) is 26.2 Å². The first kappa shape index (κ1) is 33.8. The van der Waals surface area contributed by atoms with Crippen LogP contribution >= 0.6 is 23.2 Å². The summed E-state index contributed by atoms with van der Waals surface area (Å²) in [5.74, 6) is -0.768. The number of sulfonamides is 1. The van der Waals surface area contributed by atoms with Crippen molar-refractivity contribution in [3.8, 4) is 0 Å². The summed E-state index contributed by atoms with van der Waals surface area (Å²) < 4.78 is 29.5.